The third-order valence-electron chi connectivity index (χ3n) is 3.33. The fourth-order valence-electron chi connectivity index (χ4n) is 2.08. The highest BCUT2D eigenvalue weighted by Gasteiger charge is 2.17. The minimum absolute atomic E-state index is 0.0271. The molecule has 0 fully saturated rings. The van der Waals surface area contributed by atoms with Crippen LogP contribution in [0.25, 0.3) is 0 Å². The monoisotopic (exact) mass is 306 g/mol. The summed E-state index contributed by atoms with van der Waals surface area (Å²) in [5, 5.41) is 3.53. The van der Waals surface area contributed by atoms with Crippen molar-refractivity contribution in [2.75, 3.05) is 11.9 Å². The highest BCUT2D eigenvalue weighted by atomic mass is 35.5. The Morgan fingerprint density at radius 1 is 1.43 bits per heavy atom. The molecule has 1 unspecified atom stereocenters. The van der Waals surface area contributed by atoms with Crippen LogP contribution in [0.4, 0.5) is 5.69 Å². The molecule has 0 aliphatic heterocycles. The van der Waals surface area contributed by atoms with Gasteiger partial charge in [0, 0.05) is 16.5 Å². The first kappa shape index (κ1) is 17.6. The Morgan fingerprint density at radius 3 is 2.81 bits per heavy atom. The van der Waals surface area contributed by atoms with E-state index >= 15 is 0 Å². The number of rotatable bonds is 6. The van der Waals surface area contributed by atoms with Crippen LogP contribution < -0.4 is 11.1 Å². The van der Waals surface area contributed by atoms with E-state index in [9.17, 15) is 4.79 Å². The number of hydrogen-bond acceptors (Lipinski definition) is 2. The molecule has 114 valence electrons. The lowest BCUT2D eigenvalue weighted by Gasteiger charge is -2.15. The maximum absolute atomic E-state index is 12.4. The molecule has 4 heteroatoms. The number of halogens is 1. The molecule has 0 heterocycles. The third-order valence-corrected chi connectivity index (χ3v) is 3.57. The number of carbonyl (C=O) groups excluding carboxylic acids is 1. The standard InChI is InChI=1S/C17H23ClN2O/c1-3-5-7-13(4-2)17(21)20-16-12-15(18)10-9-14(16)8-6-11-19/h9-10,12-13H,3-5,7,11,19H2,1-2H3,(H,20,21). The molecule has 1 aromatic carbocycles. The van der Waals surface area contributed by atoms with Gasteiger partial charge >= 0.3 is 0 Å². The molecular weight excluding hydrogens is 284 g/mol. The molecule has 0 aliphatic carbocycles. The normalized spacial score (nSPS) is 11.4. The van der Waals surface area contributed by atoms with Gasteiger partial charge in [0.2, 0.25) is 5.91 Å². The van der Waals surface area contributed by atoms with Crippen molar-refractivity contribution in [1.82, 2.24) is 0 Å². The zero-order chi connectivity index (χ0) is 15.7. The van der Waals surface area contributed by atoms with E-state index in [1.165, 1.54) is 0 Å². The zero-order valence-electron chi connectivity index (χ0n) is 12.7. The summed E-state index contributed by atoms with van der Waals surface area (Å²) in [5.74, 6) is 5.81. The van der Waals surface area contributed by atoms with Gasteiger partial charge in [0.05, 0.1) is 12.2 Å². The van der Waals surface area contributed by atoms with Gasteiger partial charge in [0.1, 0.15) is 0 Å². The number of amides is 1. The van der Waals surface area contributed by atoms with Crippen molar-refractivity contribution in [3.05, 3.63) is 28.8 Å². The van der Waals surface area contributed by atoms with Crippen molar-refractivity contribution >= 4 is 23.2 Å². The average molecular weight is 307 g/mol. The van der Waals surface area contributed by atoms with Crippen LogP contribution in [-0.4, -0.2) is 12.5 Å². The highest BCUT2D eigenvalue weighted by Crippen LogP contribution is 2.22. The van der Waals surface area contributed by atoms with Crippen LogP contribution in [0, 0.1) is 17.8 Å². The molecule has 3 nitrogen and oxygen atoms in total. The van der Waals surface area contributed by atoms with E-state index in [2.05, 4.69) is 24.1 Å². The largest absolute Gasteiger partial charge is 0.325 e. The van der Waals surface area contributed by atoms with E-state index in [-0.39, 0.29) is 18.4 Å². The minimum Gasteiger partial charge on any atom is -0.325 e. The summed E-state index contributed by atoms with van der Waals surface area (Å²) in [5.41, 5.74) is 6.79. The zero-order valence-corrected chi connectivity index (χ0v) is 13.5. The highest BCUT2D eigenvalue weighted by molar-refractivity contribution is 6.31. The number of benzene rings is 1. The molecule has 0 spiro atoms. The molecule has 1 rings (SSSR count). The van der Waals surface area contributed by atoms with Gasteiger partial charge in [-0.15, -0.1) is 0 Å². The first-order valence-electron chi connectivity index (χ1n) is 7.41. The Balaban J connectivity index is 2.89. The molecule has 0 aliphatic rings. The van der Waals surface area contributed by atoms with E-state index in [0.717, 1.165) is 31.2 Å². The second-order valence-electron chi connectivity index (χ2n) is 4.93. The SMILES string of the molecule is CCCCC(CC)C(=O)Nc1cc(Cl)ccc1C#CCN. The van der Waals surface area contributed by atoms with Crippen LogP contribution >= 0.6 is 11.6 Å². The molecule has 0 aromatic heterocycles. The molecular formula is C17H23ClN2O. The van der Waals surface area contributed by atoms with Crippen LogP contribution in [0.1, 0.15) is 45.1 Å². The van der Waals surface area contributed by atoms with Gasteiger partial charge in [-0.25, -0.2) is 0 Å². The van der Waals surface area contributed by atoms with E-state index in [1.807, 2.05) is 6.92 Å². The molecule has 1 amide bonds. The van der Waals surface area contributed by atoms with Crippen molar-refractivity contribution < 1.29 is 4.79 Å². The van der Waals surface area contributed by atoms with Crippen molar-refractivity contribution in [3.63, 3.8) is 0 Å². The predicted octanol–water partition coefficient (Wildman–Crippen LogP) is 3.81. The second kappa shape index (κ2) is 9.44. The summed E-state index contributed by atoms with van der Waals surface area (Å²) < 4.78 is 0. The summed E-state index contributed by atoms with van der Waals surface area (Å²) in [6.07, 6.45) is 3.88. The van der Waals surface area contributed by atoms with Gasteiger partial charge in [-0.05, 0) is 31.0 Å². The van der Waals surface area contributed by atoms with Gasteiger partial charge in [-0.2, -0.15) is 0 Å². The van der Waals surface area contributed by atoms with Gasteiger partial charge in [-0.3, -0.25) is 4.79 Å². The maximum atomic E-state index is 12.4. The molecule has 0 saturated heterocycles. The topological polar surface area (TPSA) is 55.1 Å². The Bertz CT molecular complexity index is 531. The van der Waals surface area contributed by atoms with Crippen LogP contribution in [-0.2, 0) is 4.79 Å². The van der Waals surface area contributed by atoms with Gasteiger partial charge in [-0.1, -0.05) is 50.1 Å². The van der Waals surface area contributed by atoms with Crippen LogP contribution in [0.5, 0.6) is 0 Å². The van der Waals surface area contributed by atoms with E-state index in [4.69, 9.17) is 17.3 Å². The van der Waals surface area contributed by atoms with Crippen molar-refractivity contribution in [1.29, 1.82) is 0 Å². The van der Waals surface area contributed by atoms with Crippen LogP contribution in [0.15, 0.2) is 18.2 Å². The molecule has 0 bridgehead atoms. The maximum Gasteiger partial charge on any atom is 0.227 e. The number of anilines is 1. The van der Waals surface area contributed by atoms with Gasteiger partial charge in [0.25, 0.3) is 0 Å². The van der Waals surface area contributed by atoms with Gasteiger partial charge in [0.15, 0.2) is 0 Å². The van der Waals surface area contributed by atoms with E-state index < -0.39 is 0 Å². The second-order valence-corrected chi connectivity index (χ2v) is 5.37. The lowest BCUT2D eigenvalue weighted by Crippen LogP contribution is -2.22. The lowest BCUT2D eigenvalue weighted by molar-refractivity contribution is -0.120. The lowest BCUT2D eigenvalue weighted by atomic mass is 9.98. The van der Waals surface area contributed by atoms with Crippen molar-refractivity contribution in [2.24, 2.45) is 11.7 Å². The third kappa shape index (κ3) is 5.79. The van der Waals surface area contributed by atoms with Crippen molar-refractivity contribution in [3.8, 4) is 11.8 Å². The van der Waals surface area contributed by atoms with Crippen molar-refractivity contribution in [2.45, 2.75) is 39.5 Å². The molecule has 3 N–H and O–H groups in total. The summed E-state index contributed by atoms with van der Waals surface area (Å²) in [6, 6.07) is 5.28. The molecule has 1 aromatic rings. The minimum atomic E-state index is 0.0271. The van der Waals surface area contributed by atoms with E-state index in [1.54, 1.807) is 18.2 Å². The van der Waals surface area contributed by atoms with E-state index in [0.29, 0.717) is 10.7 Å². The number of carbonyl (C=O) groups is 1. The molecule has 21 heavy (non-hydrogen) atoms. The molecule has 0 saturated carbocycles. The summed E-state index contributed by atoms with van der Waals surface area (Å²) >= 11 is 6.01. The number of unbranched alkanes of at least 4 members (excludes halogenated alkanes) is 1. The predicted molar refractivity (Wildman–Crippen MR) is 89.3 cm³/mol. The van der Waals surface area contributed by atoms with Crippen LogP contribution in [0.3, 0.4) is 0 Å². The smallest absolute Gasteiger partial charge is 0.227 e. The first-order valence-corrected chi connectivity index (χ1v) is 7.79. The number of nitrogens with one attached hydrogen (secondary N) is 1. The fraction of sp³-hybridized carbons (Fsp3) is 0.471. The summed E-state index contributed by atoms with van der Waals surface area (Å²) in [4.78, 5) is 12.4. The Morgan fingerprint density at radius 2 is 2.19 bits per heavy atom. The quantitative estimate of drug-likeness (QED) is 0.785. The van der Waals surface area contributed by atoms with Crippen LogP contribution in [0.2, 0.25) is 5.02 Å². The number of nitrogens with two attached hydrogens (primary N) is 1. The molecule has 0 radical (unpaired) electrons. The molecule has 1 atom stereocenters. The fourth-order valence-corrected chi connectivity index (χ4v) is 2.25. The van der Waals surface area contributed by atoms with Gasteiger partial charge < -0.3 is 11.1 Å². The Labute approximate surface area is 132 Å². The Hall–Kier alpha value is -1.50. The Kier molecular flexibility index (Phi) is 7.89. The summed E-state index contributed by atoms with van der Waals surface area (Å²) in [6.45, 7) is 4.44. The number of hydrogen-bond donors (Lipinski definition) is 2. The average Bonchev–Trinajstić information content (AvgIpc) is 2.47. The first-order chi connectivity index (χ1) is 10.1. The summed E-state index contributed by atoms with van der Waals surface area (Å²) in [7, 11) is 0.